The number of ether oxygens (including phenoxy) is 1. The maximum absolute atomic E-state index is 11.1. The molecule has 0 aromatic rings. The monoisotopic (exact) mass is 242 g/mol. The predicted molar refractivity (Wildman–Crippen MR) is 69.0 cm³/mol. The number of hydrogen-bond acceptors (Lipinski definition) is 4. The first kappa shape index (κ1) is 14.5. The van der Waals surface area contributed by atoms with Gasteiger partial charge < -0.3 is 15.0 Å². The van der Waals surface area contributed by atoms with Crippen molar-refractivity contribution in [3.63, 3.8) is 0 Å². The number of nitrogens with one attached hydrogen (secondary N) is 1. The Balaban J connectivity index is 2.11. The zero-order chi connectivity index (χ0) is 12.7. The Hall–Kier alpha value is -0.610. The molecule has 2 atom stereocenters. The van der Waals surface area contributed by atoms with Crippen molar-refractivity contribution in [3.8, 4) is 0 Å². The number of carbonyl (C=O) groups excluding carboxylic acids is 1. The van der Waals surface area contributed by atoms with Crippen LogP contribution in [0, 0.1) is 0 Å². The summed E-state index contributed by atoms with van der Waals surface area (Å²) in [6, 6.07) is 0.915. The fourth-order valence-electron chi connectivity index (χ4n) is 2.41. The van der Waals surface area contributed by atoms with Crippen molar-refractivity contribution in [3.05, 3.63) is 0 Å². The van der Waals surface area contributed by atoms with E-state index in [1.807, 2.05) is 6.92 Å². The van der Waals surface area contributed by atoms with E-state index in [1.165, 1.54) is 39.3 Å². The second kappa shape index (κ2) is 7.67. The summed E-state index contributed by atoms with van der Waals surface area (Å²) in [5, 5.41) is 3.39. The van der Waals surface area contributed by atoms with Crippen LogP contribution in [0.15, 0.2) is 0 Å². The highest BCUT2D eigenvalue weighted by molar-refractivity contribution is 5.69. The van der Waals surface area contributed by atoms with E-state index in [9.17, 15) is 4.79 Å². The Kier molecular flexibility index (Phi) is 6.52. The summed E-state index contributed by atoms with van der Waals surface area (Å²) in [7, 11) is 3.65. The molecule has 1 heterocycles. The third kappa shape index (κ3) is 5.50. The summed E-state index contributed by atoms with van der Waals surface area (Å²) in [5.74, 6) is -0.139. The number of piperidine rings is 1. The Morgan fingerprint density at radius 2 is 2.29 bits per heavy atom. The summed E-state index contributed by atoms with van der Waals surface area (Å²) in [5.41, 5.74) is 0. The van der Waals surface area contributed by atoms with Crippen LogP contribution in [0.25, 0.3) is 0 Å². The van der Waals surface area contributed by atoms with E-state index in [2.05, 4.69) is 22.0 Å². The summed E-state index contributed by atoms with van der Waals surface area (Å²) in [6.07, 6.45) is 5.62. The van der Waals surface area contributed by atoms with Gasteiger partial charge in [-0.05, 0) is 46.3 Å². The van der Waals surface area contributed by atoms with Gasteiger partial charge in [0.25, 0.3) is 0 Å². The number of rotatable bonds is 6. The van der Waals surface area contributed by atoms with Crippen molar-refractivity contribution in [1.82, 2.24) is 10.2 Å². The minimum Gasteiger partial charge on any atom is -0.469 e. The zero-order valence-corrected chi connectivity index (χ0v) is 11.4. The minimum atomic E-state index is -0.139. The average Bonchev–Trinajstić information content (AvgIpc) is 2.31. The number of esters is 1. The van der Waals surface area contributed by atoms with Crippen molar-refractivity contribution in [2.45, 2.75) is 51.1 Å². The predicted octanol–water partition coefficient (Wildman–Crippen LogP) is 1.40. The number of hydrogen-bond donors (Lipinski definition) is 1. The number of likely N-dealkylation sites (tertiary alicyclic amines) is 1. The molecule has 0 bridgehead atoms. The lowest BCUT2D eigenvalue weighted by molar-refractivity contribution is -0.141. The van der Waals surface area contributed by atoms with Gasteiger partial charge in [-0.1, -0.05) is 6.42 Å². The number of methoxy groups -OCH3 is 1. The summed E-state index contributed by atoms with van der Waals surface area (Å²) in [4.78, 5) is 13.5. The van der Waals surface area contributed by atoms with Crippen LogP contribution in [-0.2, 0) is 9.53 Å². The van der Waals surface area contributed by atoms with E-state index in [0.717, 1.165) is 6.54 Å². The second-order valence-corrected chi connectivity index (χ2v) is 5.05. The van der Waals surface area contributed by atoms with E-state index in [0.29, 0.717) is 12.5 Å². The zero-order valence-electron chi connectivity index (χ0n) is 11.4. The normalized spacial score (nSPS) is 23.4. The van der Waals surface area contributed by atoms with E-state index in [-0.39, 0.29) is 12.0 Å². The van der Waals surface area contributed by atoms with Gasteiger partial charge in [0.15, 0.2) is 0 Å². The number of carbonyl (C=O) groups is 1. The van der Waals surface area contributed by atoms with Crippen molar-refractivity contribution in [2.24, 2.45) is 0 Å². The molecule has 0 aliphatic carbocycles. The topological polar surface area (TPSA) is 41.6 Å². The van der Waals surface area contributed by atoms with Crippen molar-refractivity contribution in [1.29, 1.82) is 0 Å². The van der Waals surface area contributed by atoms with E-state index < -0.39 is 0 Å². The lowest BCUT2D eigenvalue weighted by Gasteiger charge is -2.32. The van der Waals surface area contributed by atoms with Crippen molar-refractivity contribution < 1.29 is 9.53 Å². The summed E-state index contributed by atoms with van der Waals surface area (Å²) >= 11 is 0. The lowest BCUT2D eigenvalue weighted by atomic mass is 10.00. The molecule has 1 saturated heterocycles. The van der Waals surface area contributed by atoms with Gasteiger partial charge in [0, 0.05) is 12.1 Å². The third-order valence-electron chi connectivity index (χ3n) is 3.59. The van der Waals surface area contributed by atoms with Gasteiger partial charge in [-0.3, -0.25) is 4.79 Å². The molecule has 17 heavy (non-hydrogen) atoms. The van der Waals surface area contributed by atoms with Gasteiger partial charge in [-0.15, -0.1) is 0 Å². The van der Waals surface area contributed by atoms with Crippen LogP contribution in [0.5, 0.6) is 0 Å². The molecule has 4 nitrogen and oxygen atoms in total. The molecule has 1 aliphatic heterocycles. The first-order chi connectivity index (χ1) is 8.13. The SMILES string of the molecule is COC(=O)CC(C)NCCC1CCCCN1C. The molecule has 0 aromatic carbocycles. The third-order valence-corrected chi connectivity index (χ3v) is 3.59. The molecule has 1 aliphatic rings. The van der Waals surface area contributed by atoms with Crippen LogP contribution in [0.2, 0.25) is 0 Å². The molecule has 1 fully saturated rings. The molecular weight excluding hydrogens is 216 g/mol. The molecule has 1 N–H and O–H groups in total. The largest absolute Gasteiger partial charge is 0.469 e. The summed E-state index contributed by atoms with van der Waals surface area (Å²) < 4.78 is 4.65. The van der Waals surface area contributed by atoms with Crippen molar-refractivity contribution in [2.75, 3.05) is 27.2 Å². The first-order valence-corrected chi connectivity index (χ1v) is 6.64. The smallest absolute Gasteiger partial charge is 0.307 e. The molecule has 0 amide bonds. The average molecular weight is 242 g/mol. The van der Waals surface area contributed by atoms with Crippen LogP contribution < -0.4 is 5.32 Å². The summed E-state index contributed by atoms with van der Waals surface area (Å²) in [6.45, 7) is 4.23. The molecule has 4 heteroatoms. The highest BCUT2D eigenvalue weighted by Crippen LogP contribution is 2.17. The highest BCUT2D eigenvalue weighted by atomic mass is 16.5. The van der Waals surface area contributed by atoms with Gasteiger partial charge in [0.2, 0.25) is 0 Å². The van der Waals surface area contributed by atoms with Crippen LogP contribution >= 0.6 is 0 Å². The molecule has 0 aromatic heterocycles. The fraction of sp³-hybridized carbons (Fsp3) is 0.923. The quantitative estimate of drug-likeness (QED) is 0.715. The fourth-order valence-corrected chi connectivity index (χ4v) is 2.41. The Morgan fingerprint density at radius 3 is 2.94 bits per heavy atom. The van der Waals surface area contributed by atoms with Gasteiger partial charge in [0.05, 0.1) is 13.5 Å². The van der Waals surface area contributed by atoms with E-state index in [4.69, 9.17) is 0 Å². The van der Waals surface area contributed by atoms with Gasteiger partial charge in [-0.2, -0.15) is 0 Å². The Labute approximate surface area is 105 Å². The number of nitrogens with zero attached hydrogens (tertiary/aromatic N) is 1. The van der Waals surface area contributed by atoms with Crippen LogP contribution in [0.4, 0.5) is 0 Å². The highest BCUT2D eigenvalue weighted by Gasteiger charge is 2.18. The lowest BCUT2D eigenvalue weighted by Crippen LogP contribution is -2.39. The maximum Gasteiger partial charge on any atom is 0.307 e. The van der Waals surface area contributed by atoms with Gasteiger partial charge in [-0.25, -0.2) is 0 Å². The van der Waals surface area contributed by atoms with Crippen LogP contribution in [0.1, 0.15) is 39.0 Å². The molecular formula is C13H26N2O2. The van der Waals surface area contributed by atoms with Crippen LogP contribution in [-0.4, -0.2) is 50.2 Å². The second-order valence-electron chi connectivity index (χ2n) is 5.05. The molecule has 1 rings (SSSR count). The Morgan fingerprint density at radius 1 is 1.53 bits per heavy atom. The minimum absolute atomic E-state index is 0.139. The molecule has 0 spiro atoms. The van der Waals surface area contributed by atoms with E-state index in [1.54, 1.807) is 0 Å². The first-order valence-electron chi connectivity index (χ1n) is 6.64. The van der Waals surface area contributed by atoms with Gasteiger partial charge >= 0.3 is 5.97 Å². The molecule has 2 unspecified atom stereocenters. The maximum atomic E-state index is 11.1. The van der Waals surface area contributed by atoms with E-state index >= 15 is 0 Å². The standard InChI is InChI=1S/C13H26N2O2/c1-11(10-13(16)17-3)14-8-7-12-6-4-5-9-15(12)2/h11-12,14H,4-10H2,1-3H3. The van der Waals surface area contributed by atoms with Gasteiger partial charge in [0.1, 0.15) is 0 Å². The van der Waals surface area contributed by atoms with Crippen LogP contribution in [0.3, 0.4) is 0 Å². The molecule has 0 radical (unpaired) electrons. The Bertz CT molecular complexity index is 233. The molecule has 100 valence electrons. The molecule has 0 saturated carbocycles. The van der Waals surface area contributed by atoms with Crippen molar-refractivity contribution >= 4 is 5.97 Å².